The van der Waals surface area contributed by atoms with Gasteiger partial charge in [-0.2, -0.15) is 0 Å². The number of rotatable bonds is 7. The molecule has 1 heterocycles. The van der Waals surface area contributed by atoms with Crippen molar-refractivity contribution in [2.45, 2.75) is 78.7 Å². The summed E-state index contributed by atoms with van der Waals surface area (Å²) in [6.07, 6.45) is -0.230. The van der Waals surface area contributed by atoms with Crippen LogP contribution in [-0.4, -0.2) is 47.4 Å². The minimum atomic E-state index is -0.994. The number of esters is 2. The number of carbonyl (C=O) groups is 4. The molecular weight excluding hydrogens is 560 g/mol. The highest BCUT2D eigenvalue weighted by Gasteiger charge is 2.24. The highest BCUT2D eigenvalue weighted by atomic mass is 16.6. The Morgan fingerprint density at radius 1 is 0.721 bits per heavy atom. The third kappa shape index (κ3) is 9.59. The molecule has 12 nitrogen and oxygen atoms in total. The summed E-state index contributed by atoms with van der Waals surface area (Å²) in [6, 6.07) is 8.53. The molecular formula is C31H36N2O10. The SMILES string of the molecule is CC(NC(=O)OC(C)(C)C)C(=O)Oc1ccc(-c2coc3cc(OC(=O)C(C)NC(=O)OC(C)(C)C)ccc3c2=O)cc1. The number of ether oxygens (including phenoxy) is 4. The summed E-state index contributed by atoms with van der Waals surface area (Å²) in [5, 5.41) is 5.06. The second kappa shape index (κ2) is 13.0. The van der Waals surface area contributed by atoms with Gasteiger partial charge in [0.25, 0.3) is 0 Å². The Hall–Kier alpha value is -4.87. The van der Waals surface area contributed by atoms with Crippen molar-refractivity contribution in [2.75, 3.05) is 0 Å². The van der Waals surface area contributed by atoms with Crippen LogP contribution in [0.1, 0.15) is 55.4 Å². The molecule has 0 aliphatic carbocycles. The van der Waals surface area contributed by atoms with Gasteiger partial charge in [0.2, 0.25) is 0 Å². The number of amides is 2. The lowest BCUT2D eigenvalue weighted by Gasteiger charge is -2.21. The molecule has 3 rings (SSSR count). The summed E-state index contributed by atoms with van der Waals surface area (Å²) in [6.45, 7) is 13.1. The number of hydrogen-bond acceptors (Lipinski definition) is 10. The van der Waals surface area contributed by atoms with Gasteiger partial charge in [-0.05, 0) is 85.2 Å². The fraction of sp³-hybridized carbons (Fsp3) is 0.387. The monoisotopic (exact) mass is 596 g/mol. The predicted octanol–water partition coefficient (Wildman–Crippen LogP) is 5.10. The fourth-order valence-corrected chi connectivity index (χ4v) is 3.57. The van der Waals surface area contributed by atoms with Crippen LogP contribution in [0.3, 0.4) is 0 Å². The molecule has 0 spiro atoms. The van der Waals surface area contributed by atoms with Crippen molar-refractivity contribution in [2.24, 2.45) is 0 Å². The van der Waals surface area contributed by atoms with E-state index in [4.69, 9.17) is 23.4 Å². The van der Waals surface area contributed by atoms with E-state index in [1.165, 1.54) is 50.4 Å². The first-order valence-corrected chi connectivity index (χ1v) is 13.5. The smallest absolute Gasteiger partial charge is 0.408 e. The molecule has 0 bridgehead atoms. The molecule has 0 radical (unpaired) electrons. The minimum Gasteiger partial charge on any atom is -0.463 e. The molecule has 0 saturated carbocycles. The van der Waals surface area contributed by atoms with Crippen LogP contribution in [0.5, 0.6) is 11.5 Å². The maximum atomic E-state index is 13.2. The van der Waals surface area contributed by atoms with E-state index < -0.39 is 47.4 Å². The van der Waals surface area contributed by atoms with E-state index in [0.29, 0.717) is 5.56 Å². The molecule has 0 saturated heterocycles. The number of carbonyl (C=O) groups excluding carboxylic acids is 4. The van der Waals surface area contributed by atoms with Crippen LogP contribution >= 0.6 is 0 Å². The van der Waals surface area contributed by atoms with Gasteiger partial charge in [-0.1, -0.05) is 12.1 Å². The normalized spacial score (nSPS) is 12.9. The molecule has 0 aliphatic heterocycles. The Morgan fingerprint density at radius 3 is 1.67 bits per heavy atom. The van der Waals surface area contributed by atoms with Gasteiger partial charge in [0, 0.05) is 6.07 Å². The highest BCUT2D eigenvalue weighted by Crippen LogP contribution is 2.25. The van der Waals surface area contributed by atoms with Gasteiger partial charge in [-0.3, -0.25) is 4.79 Å². The van der Waals surface area contributed by atoms with Gasteiger partial charge < -0.3 is 34.0 Å². The molecule has 3 aromatic rings. The summed E-state index contributed by atoms with van der Waals surface area (Å²) in [4.78, 5) is 61.8. The maximum absolute atomic E-state index is 13.2. The minimum absolute atomic E-state index is 0.118. The summed E-state index contributed by atoms with van der Waals surface area (Å²) in [5.41, 5.74) is -0.825. The third-order valence-corrected chi connectivity index (χ3v) is 5.52. The Bertz CT molecular complexity index is 1560. The molecule has 2 aromatic carbocycles. The summed E-state index contributed by atoms with van der Waals surface area (Å²) < 4.78 is 26.6. The number of benzene rings is 2. The van der Waals surface area contributed by atoms with Crippen molar-refractivity contribution in [3.05, 3.63) is 59.0 Å². The zero-order chi connectivity index (χ0) is 32.1. The Kier molecular flexibility index (Phi) is 9.85. The van der Waals surface area contributed by atoms with Crippen LogP contribution in [0, 0.1) is 0 Å². The summed E-state index contributed by atoms with van der Waals surface area (Å²) in [7, 11) is 0. The van der Waals surface area contributed by atoms with Crippen LogP contribution in [0.4, 0.5) is 9.59 Å². The topological polar surface area (TPSA) is 159 Å². The maximum Gasteiger partial charge on any atom is 0.408 e. The average Bonchev–Trinajstić information content (AvgIpc) is 2.87. The van der Waals surface area contributed by atoms with Crippen LogP contribution < -0.4 is 25.5 Å². The second-order valence-electron chi connectivity index (χ2n) is 11.7. The number of alkyl carbamates (subject to hydrolysis) is 2. The van der Waals surface area contributed by atoms with Crippen molar-refractivity contribution in [1.82, 2.24) is 10.6 Å². The predicted molar refractivity (Wildman–Crippen MR) is 157 cm³/mol. The number of hydrogen-bond donors (Lipinski definition) is 2. The van der Waals surface area contributed by atoms with Gasteiger partial charge in [-0.25, -0.2) is 19.2 Å². The third-order valence-electron chi connectivity index (χ3n) is 5.52. The molecule has 12 heteroatoms. The van der Waals surface area contributed by atoms with Crippen LogP contribution in [0.2, 0.25) is 0 Å². The van der Waals surface area contributed by atoms with E-state index in [2.05, 4.69) is 10.6 Å². The van der Waals surface area contributed by atoms with E-state index >= 15 is 0 Å². The molecule has 0 fully saturated rings. The van der Waals surface area contributed by atoms with E-state index in [9.17, 15) is 24.0 Å². The Balaban J connectivity index is 1.66. The van der Waals surface area contributed by atoms with E-state index in [0.717, 1.165) is 0 Å². The fourth-order valence-electron chi connectivity index (χ4n) is 3.57. The molecule has 230 valence electrons. The average molecular weight is 597 g/mol. The highest BCUT2D eigenvalue weighted by molar-refractivity contribution is 5.86. The van der Waals surface area contributed by atoms with Crippen molar-refractivity contribution < 1.29 is 42.5 Å². The van der Waals surface area contributed by atoms with E-state index in [-0.39, 0.29) is 33.5 Å². The zero-order valence-corrected chi connectivity index (χ0v) is 25.4. The van der Waals surface area contributed by atoms with Crippen LogP contribution in [-0.2, 0) is 19.1 Å². The molecule has 2 N–H and O–H groups in total. The van der Waals surface area contributed by atoms with Crippen molar-refractivity contribution in [1.29, 1.82) is 0 Å². The van der Waals surface area contributed by atoms with Gasteiger partial charge in [0.15, 0.2) is 5.43 Å². The number of fused-ring (bicyclic) bond motifs is 1. The molecule has 0 aliphatic rings. The van der Waals surface area contributed by atoms with Gasteiger partial charge in [0.05, 0.1) is 10.9 Å². The molecule has 2 atom stereocenters. The van der Waals surface area contributed by atoms with Crippen molar-refractivity contribution in [3.8, 4) is 22.6 Å². The van der Waals surface area contributed by atoms with Gasteiger partial charge in [0.1, 0.15) is 46.6 Å². The Labute approximate surface area is 248 Å². The first-order valence-electron chi connectivity index (χ1n) is 13.5. The lowest BCUT2D eigenvalue weighted by Crippen LogP contribution is -2.43. The zero-order valence-electron chi connectivity index (χ0n) is 25.4. The summed E-state index contributed by atoms with van der Waals surface area (Å²) >= 11 is 0. The van der Waals surface area contributed by atoms with E-state index in [1.54, 1.807) is 53.7 Å². The first kappa shape index (κ1) is 32.6. The number of nitrogens with one attached hydrogen (secondary N) is 2. The van der Waals surface area contributed by atoms with Gasteiger partial charge in [-0.15, -0.1) is 0 Å². The quantitative estimate of drug-likeness (QED) is 0.278. The largest absolute Gasteiger partial charge is 0.463 e. The molecule has 2 amide bonds. The summed E-state index contributed by atoms with van der Waals surface area (Å²) in [5.74, 6) is -1.11. The Morgan fingerprint density at radius 2 is 1.19 bits per heavy atom. The van der Waals surface area contributed by atoms with Crippen LogP contribution in [0.15, 0.2) is 57.9 Å². The van der Waals surface area contributed by atoms with Crippen molar-refractivity contribution in [3.63, 3.8) is 0 Å². The van der Waals surface area contributed by atoms with Gasteiger partial charge >= 0.3 is 24.1 Å². The van der Waals surface area contributed by atoms with E-state index in [1.807, 2.05) is 0 Å². The first-order chi connectivity index (χ1) is 19.9. The lowest BCUT2D eigenvalue weighted by molar-refractivity contribution is -0.137. The second-order valence-corrected chi connectivity index (χ2v) is 11.7. The standard InChI is InChI=1S/C31H36N2O10/c1-17(32-28(37)42-30(3,4)5)26(35)40-20-11-9-19(10-12-20)23-16-39-24-15-21(13-14-22(24)25(23)34)41-27(36)18(2)33-29(38)43-31(6,7)8/h9-18H,1-8H3,(H,32,37)(H,33,38). The molecule has 2 unspecified atom stereocenters. The van der Waals surface area contributed by atoms with Crippen molar-refractivity contribution >= 4 is 35.1 Å². The van der Waals surface area contributed by atoms with Crippen LogP contribution in [0.25, 0.3) is 22.1 Å². The molecule has 43 heavy (non-hydrogen) atoms. The molecule has 1 aromatic heterocycles. The lowest BCUT2D eigenvalue weighted by atomic mass is 10.1.